The van der Waals surface area contributed by atoms with E-state index in [2.05, 4.69) is 62.6 Å². The number of benzene rings is 1. The van der Waals surface area contributed by atoms with Crippen LogP contribution in [-0.4, -0.2) is 34.8 Å². The standard InChI is InChI=1S/C36H40N6O/c1-36(2,3)30-20-28(22-41(24-31-12-4-8-16-37-31)25-32-13-5-9-17-38-32)35(43)29(21-30)23-42(26-33-14-6-10-18-39-33)27-34-15-7-11-19-40-34/h4-21,43H,22-27H2,1-3H3. The van der Waals surface area contributed by atoms with Crippen LogP contribution in [0.2, 0.25) is 0 Å². The third-order valence-corrected chi connectivity index (χ3v) is 7.37. The average Bonchev–Trinajstić information content (AvgIpc) is 3.00. The van der Waals surface area contributed by atoms with Gasteiger partial charge in [-0.3, -0.25) is 29.7 Å². The lowest BCUT2D eigenvalue weighted by molar-refractivity contribution is 0.231. The molecule has 0 amide bonds. The van der Waals surface area contributed by atoms with Crippen molar-refractivity contribution in [3.63, 3.8) is 0 Å². The predicted octanol–water partition coefficient (Wildman–Crippen LogP) is 6.67. The molecule has 0 aliphatic rings. The first-order valence-electron chi connectivity index (χ1n) is 14.7. The minimum atomic E-state index is -0.100. The average molecular weight is 573 g/mol. The van der Waals surface area contributed by atoms with Crippen LogP contribution in [0.15, 0.2) is 110 Å². The number of pyridine rings is 4. The second kappa shape index (κ2) is 14.1. The smallest absolute Gasteiger partial charge is 0.124 e. The summed E-state index contributed by atoms with van der Waals surface area (Å²) in [5, 5.41) is 11.8. The number of phenols is 1. The number of aromatic nitrogens is 4. The van der Waals surface area contributed by atoms with E-state index < -0.39 is 0 Å². The SMILES string of the molecule is CC(C)(C)c1cc(CN(Cc2ccccn2)Cc2ccccn2)c(O)c(CN(Cc2ccccn2)Cc2ccccn2)c1. The van der Waals surface area contributed by atoms with E-state index in [1.54, 1.807) is 0 Å². The van der Waals surface area contributed by atoms with Crippen LogP contribution in [0, 0.1) is 0 Å². The van der Waals surface area contributed by atoms with Crippen LogP contribution in [-0.2, 0) is 44.7 Å². The summed E-state index contributed by atoms with van der Waals surface area (Å²) in [6.07, 6.45) is 7.29. The van der Waals surface area contributed by atoms with Gasteiger partial charge in [-0.05, 0) is 59.5 Å². The van der Waals surface area contributed by atoms with Crippen molar-refractivity contribution in [2.45, 2.75) is 65.5 Å². The maximum atomic E-state index is 11.8. The molecular weight excluding hydrogens is 532 g/mol. The lowest BCUT2D eigenvalue weighted by atomic mass is 9.84. The highest BCUT2D eigenvalue weighted by molar-refractivity contribution is 5.46. The van der Waals surface area contributed by atoms with Crippen LogP contribution in [0.3, 0.4) is 0 Å². The van der Waals surface area contributed by atoms with Crippen molar-refractivity contribution in [1.29, 1.82) is 0 Å². The Morgan fingerprint density at radius 3 is 1.09 bits per heavy atom. The fraction of sp³-hybridized carbons (Fsp3) is 0.278. The minimum Gasteiger partial charge on any atom is -0.507 e. The zero-order valence-electron chi connectivity index (χ0n) is 25.3. The molecule has 1 N–H and O–H groups in total. The summed E-state index contributed by atoms with van der Waals surface area (Å²) >= 11 is 0. The fourth-order valence-electron chi connectivity index (χ4n) is 5.13. The third-order valence-electron chi connectivity index (χ3n) is 7.37. The molecule has 0 aliphatic heterocycles. The van der Waals surface area contributed by atoms with Crippen LogP contribution in [0.4, 0.5) is 0 Å². The first kappa shape index (κ1) is 30.0. The summed E-state index contributed by atoms with van der Waals surface area (Å²) in [6, 6.07) is 28.2. The van der Waals surface area contributed by atoms with E-state index in [-0.39, 0.29) is 5.41 Å². The summed E-state index contributed by atoms with van der Waals surface area (Å²) < 4.78 is 0. The summed E-state index contributed by atoms with van der Waals surface area (Å²) in [5.41, 5.74) is 6.76. The third kappa shape index (κ3) is 8.77. The molecule has 0 aliphatic carbocycles. The van der Waals surface area contributed by atoms with Crippen LogP contribution in [0.25, 0.3) is 0 Å². The molecule has 4 aromatic heterocycles. The lowest BCUT2D eigenvalue weighted by Crippen LogP contribution is -2.26. The van der Waals surface area contributed by atoms with Gasteiger partial charge in [0.1, 0.15) is 5.75 Å². The van der Waals surface area contributed by atoms with Gasteiger partial charge in [0.25, 0.3) is 0 Å². The zero-order chi connectivity index (χ0) is 30.1. The highest BCUT2D eigenvalue weighted by Gasteiger charge is 2.22. The van der Waals surface area contributed by atoms with Crippen molar-refractivity contribution in [3.05, 3.63) is 149 Å². The van der Waals surface area contributed by atoms with Gasteiger partial charge in [-0.1, -0.05) is 57.2 Å². The second-order valence-electron chi connectivity index (χ2n) is 12.0. The first-order chi connectivity index (χ1) is 20.8. The van der Waals surface area contributed by atoms with Crippen molar-refractivity contribution in [2.75, 3.05) is 0 Å². The molecule has 0 radical (unpaired) electrons. The van der Waals surface area contributed by atoms with Crippen molar-refractivity contribution in [2.24, 2.45) is 0 Å². The Balaban J connectivity index is 1.48. The molecule has 220 valence electrons. The summed E-state index contributed by atoms with van der Waals surface area (Å²) in [5.74, 6) is 0.326. The molecule has 7 nitrogen and oxygen atoms in total. The number of rotatable bonds is 12. The van der Waals surface area contributed by atoms with Gasteiger partial charge < -0.3 is 5.11 Å². The van der Waals surface area contributed by atoms with Crippen molar-refractivity contribution >= 4 is 0 Å². The maximum absolute atomic E-state index is 11.8. The summed E-state index contributed by atoms with van der Waals surface area (Å²) in [7, 11) is 0. The normalized spacial score (nSPS) is 11.7. The van der Waals surface area contributed by atoms with E-state index in [4.69, 9.17) is 0 Å². The summed E-state index contributed by atoms with van der Waals surface area (Å²) in [6.45, 7) is 10.3. The monoisotopic (exact) mass is 572 g/mol. The Labute approximate surface area is 255 Å². The van der Waals surface area contributed by atoms with Crippen molar-refractivity contribution in [3.8, 4) is 5.75 Å². The van der Waals surface area contributed by atoms with E-state index in [0.717, 1.165) is 33.9 Å². The van der Waals surface area contributed by atoms with E-state index in [1.165, 1.54) is 5.56 Å². The van der Waals surface area contributed by atoms with Crippen LogP contribution >= 0.6 is 0 Å². The van der Waals surface area contributed by atoms with E-state index in [9.17, 15) is 5.11 Å². The molecule has 0 bridgehead atoms. The molecule has 5 aromatic rings. The molecule has 0 unspecified atom stereocenters. The molecular formula is C36H40N6O. The van der Waals surface area contributed by atoms with Crippen LogP contribution < -0.4 is 0 Å². The largest absolute Gasteiger partial charge is 0.507 e. The Morgan fingerprint density at radius 1 is 0.512 bits per heavy atom. The Morgan fingerprint density at radius 2 is 0.837 bits per heavy atom. The quantitative estimate of drug-likeness (QED) is 0.179. The van der Waals surface area contributed by atoms with Crippen LogP contribution in [0.1, 0.15) is 60.2 Å². The second-order valence-corrected chi connectivity index (χ2v) is 12.0. The number of phenolic OH excluding ortho intramolecular Hbond substituents is 1. The number of hydrogen-bond donors (Lipinski definition) is 1. The van der Waals surface area contributed by atoms with Gasteiger partial charge in [0.2, 0.25) is 0 Å². The molecule has 1 aromatic carbocycles. The van der Waals surface area contributed by atoms with Gasteiger partial charge in [-0.15, -0.1) is 0 Å². The highest BCUT2D eigenvalue weighted by atomic mass is 16.3. The number of nitrogens with zero attached hydrogens (tertiary/aromatic N) is 6. The zero-order valence-corrected chi connectivity index (χ0v) is 25.3. The Kier molecular flexibility index (Phi) is 9.87. The summed E-state index contributed by atoms with van der Waals surface area (Å²) in [4.78, 5) is 22.9. The Bertz CT molecular complexity index is 1370. The molecule has 7 heteroatoms. The van der Waals surface area contributed by atoms with Gasteiger partial charge >= 0.3 is 0 Å². The van der Waals surface area contributed by atoms with E-state index in [1.807, 2.05) is 97.6 Å². The molecule has 4 heterocycles. The number of hydrogen-bond acceptors (Lipinski definition) is 7. The van der Waals surface area contributed by atoms with Gasteiger partial charge in [0.05, 0.1) is 22.8 Å². The number of aromatic hydroxyl groups is 1. The Hall–Kier alpha value is -4.46. The molecule has 0 saturated carbocycles. The van der Waals surface area contributed by atoms with Gasteiger partial charge in [-0.2, -0.15) is 0 Å². The van der Waals surface area contributed by atoms with Crippen molar-refractivity contribution < 1.29 is 5.11 Å². The van der Waals surface area contributed by atoms with Gasteiger partial charge in [0.15, 0.2) is 0 Å². The molecule has 0 atom stereocenters. The van der Waals surface area contributed by atoms with E-state index >= 15 is 0 Å². The van der Waals surface area contributed by atoms with E-state index in [0.29, 0.717) is 45.0 Å². The lowest BCUT2D eigenvalue weighted by Gasteiger charge is -2.28. The molecule has 43 heavy (non-hydrogen) atoms. The maximum Gasteiger partial charge on any atom is 0.124 e. The van der Waals surface area contributed by atoms with Gasteiger partial charge in [-0.25, -0.2) is 0 Å². The van der Waals surface area contributed by atoms with Gasteiger partial charge in [0, 0.05) is 75.2 Å². The van der Waals surface area contributed by atoms with Crippen molar-refractivity contribution in [1.82, 2.24) is 29.7 Å². The fourth-order valence-corrected chi connectivity index (χ4v) is 5.13. The molecule has 0 spiro atoms. The topological polar surface area (TPSA) is 78.3 Å². The minimum absolute atomic E-state index is 0.100. The molecule has 0 saturated heterocycles. The van der Waals surface area contributed by atoms with Crippen LogP contribution in [0.5, 0.6) is 5.75 Å². The predicted molar refractivity (Wildman–Crippen MR) is 170 cm³/mol. The highest BCUT2D eigenvalue weighted by Crippen LogP contribution is 2.33. The molecule has 0 fully saturated rings. The first-order valence-corrected chi connectivity index (χ1v) is 14.7. The molecule has 5 rings (SSSR count).